The molecule has 0 aromatic heterocycles. The second-order valence-electron chi connectivity index (χ2n) is 5.20. The molecular formula is C14H17F2NO4. The van der Waals surface area contributed by atoms with E-state index in [9.17, 15) is 18.4 Å². The Kier molecular flexibility index (Phi) is 5.23. The Hall–Kier alpha value is -2.18. The van der Waals surface area contributed by atoms with Crippen LogP contribution in [0.25, 0.3) is 0 Å². The summed E-state index contributed by atoms with van der Waals surface area (Å²) in [6, 6.07) is 3.88. The number of carbonyl (C=O) groups excluding carboxylic acids is 2. The lowest BCUT2D eigenvalue weighted by molar-refractivity contribution is 0.0635. The van der Waals surface area contributed by atoms with Crippen LogP contribution in [0.3, 0.4) is 0 Å². The van der Waals surface area contributed by atoms with E-state index in [-0.39, 0.29) is 17.0 Å². The van der Waals surface area contributed by atoms with Gasteiger partial charge in [0.25, 0.3) is 0 Å². The fourth-order valence-electron chi connectivity index (χ4n) is 1.49. The molecule has 21 heavy (non-hydrogen) atoms. The van der Waals surface area contributed by atoms with Gasteiger partial charge < -0.3 is 9.47 Å². The van der Waals surface area contributed by atoms with E-state index >= 15 is 0 Å². The third-order valence-electron chi connectivity index (χ3n) is 2.33. The molecule has 0 fully saturated rings. The van der Waals surface area contributed by atoms with Crippen LogP contribution >= 0.6 is 0 Å². The highest BCUT2D eigenvalue weighted by Gasteiger charge is 2.24. The molecule has 1 aromatic carbocycles. The van der Waals surface area contributed by atoms with Crippen molar-refractivity contribution in [2.75, 3.05) is 12.4 Å². The maximum atomic E-state index is 12.6. The molecule has 0 aliphatic heterocycles. The number of benzene rings is 1. The predicted molar refractivity (Wildman–Crippen MR) is 73.2 cm³/mol. The van der Waals surface area contributed by atoms with Gasteiger partial charge in [-0.1, -0.05) is 0 Å². The van der Waals surface area contributed by atoms with Gasteiger partial charge in [-0.25, -0.2) is 13.6 Å². The van der Waals surface area contributed by atoms with Crippen LogP contribution in [-0.4, -0.2) is 31.0 Å². The maximum Gasteiger partial charge on any atom is 0.412 e. The summed E-state index contributed by atoms with van der Waals surface area (Å²) in [7, 11) is 1.34. The standard InChI is InChI=1S/C14H17F2NO4/c1-14(2,3)21-13(19)17-10-6-5-8(20-4)7-9(10)11(18)12(15)16/h5-7,12H,1-4H3,(H,17,19). The fourth-order valence-corrected chi connectivity index (χ4v) is 1.49. The first-order chi connectivity index (χ1) is 9.64. The number of anilines is 1. The van der Waals surface area contributed by atoms with Gasteiger partial charge in [-0.05, 0) is 39.0 Å². The van der Waals surface area contributed by atoms with Gasteiger partial charge in [0.15, 0.2) is 0 Å². The van der Waals surface area contributed by atoms with Crippen molar-refractivity contribution in [2.24, 2.45) is 0 Å². The van der Waals surface area contributed by atoms with Crippen molar-refractivity contribution in [1.82, 2.24) is 0 Å². The number of carbonyl (C=O) groups is 2. The Morgan fingerprint density at radius 2 is 1.86 bits per heavy atom. The van der Waals surface area contributed by atoms with Gasteiger partial charge in [-0.15, -0.1) is 0 Å². The monoisotopic (exact) mass is 301 g/mol. The molecule has 1 amide bonds. The average Bonchev–Trinajstić information content (AvgIpc) is 2.35. The number of hydrogen-bond acceptors (Lipinski definition) is 4. The molecule has 5 nitrogen and oxygen atoms in total. The number of ketones is 1. The summed E-state index contributed by atoms with van der Waals surface area (Å²) in [5.41, 5.74) is -1.14. The fraction of sp³-hybridized carbons (Fsp3) is 0.429. The first-order valence-corrected chi connectivity index (χ1v) is 6.14. The molecule has 7 heteroatoms. The number of methoxy groups -OCH3 is 1. The minimum atomic E-state index is -3.18. The van der Waals surface area contributed by atoms with E-state index in [1.54, 1.807) is 20.8 Å². The summed E-state index contributed by atoms with van der Waals surface area (Å²) in [5, 5.41) is 2.28. The minimum absolute atomic E-state index is 0.0599. The van der Waals surface area contributed by atoms with Gasteiger partial charge >= 0.3 is 12.5 Å². The maximum absolute atomic E-state index is 12.6. The predicted octanol–water partition coefficient (Wildman–Crippen LogP) is 3.49. The molecule has 0 spiro atoms. The Morgan fingerprint density at radius 3 is 2.33 bits per heavy atom. The van der Waals surface area contributed by atoms with Crippen molar-refractivity contribution in [3.8, 4) is 5.75 Å². The molecule has 0 atom stereocenters. The number of rotatable bonds is 4. The summed E-state index contributed by atoms with van der Waals surface area (Å²) in [5.74, 6) is -1.17. The van der Waals surface area contributed by atoms with Crippen molar-refractivity contribution in [2.45, 2.75) is 32.8 Å². The third kappa shape index (κ3) is 5.02. The number of halogens is 2. The van der Waals surface area contributed by atoms with Crippen LogP contribution in [0.15, 0.2) is 18.2 Å². The first kappa shape index (κ1) is 16.9. The second kappa shape index (κ2) is 6.51. The largest absolute Gasteiger partial charge is 0.497 e. The van der Waals surface area contributed by atoms with Gasteiger partial charge in [0.05, 0.1) is 18.4 Å². The molecule has 0 unspecified atom stereocenters. The lowest BCUT2D eigenvalue weighted by Crippen LogP contribution is -2.28. The van der Waals surface area contributed by atoms with E-state index in [2.05, 4.69) is 5.32 Å². The lowest BCUT2D eigenvalue weighted by atomic mass is 10.1. The smallest absolute Gasteiger partial charge is 0.412 e. The summed E-state index contributed by atoms with van der Waals surface area (Å²) in [6.45, 7) is 4.98. The molecule has 116 valence electrons. The number of alkyl halides is 2. The van der Waals surface area contributed by atoms with E-state index < -0.39 is 23.9 Å². The van der Waals surface area contributed by atoms with Crippen LogP contribution in [-0.2, 0) is 4.74 Å². The second-order valence-corrected chi connectivity index (χ2v) is 5.20. The zero-order valence-corrected chi connectivity index (χ0v) is 12.2. The minimum Gasteiger partial charge on any atom is -0.497 e. The van der Waals surface area contributed by atoms with Gasteiger partial charge in [0.1, 0.15) is 11.4 Å². The Labute approximate surface area is 121 Å². The number of nitrogens with one attached hydrogen (secondary N) is 1. The summed E-state index contributed by atoms with van der Waals surface area (Å²) >= 11 is 0. The zero-order chi connectivity index (χ0) is 16.2. The van der Waals surface area contributed by atoms with Crippen molar-refractivity contribution >= 4 is 17.6 Å². The van der Waals surface area contributed by atoms with Crippen LogP contribution in [0.5, 0.6) is 5.75 Å². The van der Waals surface area contributed by atoms with Crippen molar-refractivity contribution in [3.05, 3.63) is 23.8 Å². The van der Waals surface area contributed by atoms with Gasteiger partial charge in [0.2, 0.25) is 5.78 Å². The molecule has 0 heterocycles. The summed E-state index contributed by atoms with van der Waals surface area (Å²) in [4.78, 5) is 23.2. The summed E-state index contributed by atoms with van der Waals surface area (Å²) < 4.78 is 35.1. The molecule has 0 bridgehead atoms. The molecular weight excluding hydrogens is 284 g/mol. The number of amides is 1. The first-order valence-electron chi connectivity index (χ1n) is 6.14. The highest BCUT2D eigenvalue weighted by Crippen LogP contribution is 2.25. The van der Waals surface area contributed by atoms with Crippen molar-refractivity contribution in [3.63, 3.8) is 0 Å². The highest BCUT2D eigenvalue weighted by atomic mass is 19.3. The average molecular weight is 301 g/mol. The van der Waals surface area contributed by atoms with Gasteiger partial charge in [-0.2, -0.15) is 0 Å². The molecule has 1 aromatic rings. The number of hydrogen-bond donors (Lipinski definition) is 1. The Bertz CT molecular complexity index is 538. The number of Topliss-reactive ketones (excluding diaryl/α,β-unsaturated/α-hetero) is 1. The van der Waals surface area contributed by atoms with Gasteiger partial charge in [-0.3, -0.25) is 10.1 Å². The van der Waals surface area contributed by atoms with Crippen LogP contribution < -0.4 is 10.1 Å². The van der Waals surface area contributed by atoms with E-state index in [0.717, 1.165) is 6.07 Å². The molecule has 1 rings (SSSR count). The van der Waals surface area contributed by atoms with E-state index in [1.165, 1.54) is 19.2 Å². The molecule has 0 saturated heterocycles. The zero-order valence-electron chi connectivity index (χ0n) is 12.2. The highest BCUT2D eigenvalue weighted by molar-refractivity contribution is 6.05. The number of ether oxygens (including phenoxy) is 2. The Balaban J connectivity index is 3.06. The van der Waals surface area contributed by atoms with Crippen molar-refractivity contribution < 1.29 is 27.8 Å². The molecule has 0 radical (unpaired) electrons. The Morgan fingerprint density at radius 1 is 1.24 bits per heavy atom. The SMILES string of the molecule is COc1ccc(NC(=O)OC(C)(C)C)c(C(=O)C(F)F)c1. The molecule has 0 saturated carbocycles. The van der Waals surface area contributed by atoms with E-state index in [4.69, 9.17) is 9.47 Å². The van der Waals surface area contributed by atoms with E-state index in [0.29, 0.717) is 0 Å². The van der Waals surface area contributed by atoms with Gasteiger partial charge in [0, 0.05) is 0 Å². The summed E-state index contributed by atoms with van der Waals surface area (Å²) in [6.07, 6.45) is -4.02. The quantitative estimate of drug-likeness (QED) is 0.865. The van der Waals surface area contributed by atoms with Crippen LogP contribution in [0, 0.1) is 0 Å². The topological polar surface area (TPSA) is 64.6 Å². The third-order valence-corrected chi connectivity index (χ3v) is 2.33. The van der Waals surface area contributed by atoms with Crippen molar-refractivity contribution in [1.29, 1.82) is 0 Å². The van der Waals surface area contributed by atoms with Crippen LogP contribution in [0.1, 0.15) is 31.1 Å². The normalized spacial score (nSPS) is 11.2. The van der Waals surface area contributed by atoms with Crippen LogP contribution in [0.2, 0.25) is 0 Å². The molecule has 0 aliphatic carbocycles. The molecule has 1 N–H and O–H groups in total. The van der Waals surface area contributed by atoms with E-state index in [1.807, 2.05) is 0 Å². The lowest BCUT2D eigenvalue weighted by Gasteiger charge is -2.20. The molecule has 0 aliphatic rings. The van der Waals surface area contributed by atoms with Crippen LogP contribution in [0.4, 0.5) is 19.3 Å².